The minimum atomic E-state index is -0.423. The minimum Gasteiger partial charge on any atom is -0.497 e. The number of hydrogen-bond donors (Lipinski definition) is 2. The van der Waals surface area contributed by atoms with E-state index in [1.165, 1.54) is 11.4 Å². The van der Waals surface area contributed by atoms with Crippen LogP contribution >= 0.6 is 0 Å². The van der Waals surface area contributed by atoms with Crippen molar-refractivity contribution in [2.75, 3.05) is 19.5 Å². The first-order valence-corrected chi connectivity index (χ1v) is 6.03. The maximum absolute atomic E-state index is 10.6. The number of carbonyl (C=O) groups is 1. The smallest absolute Gasteiger partial charge is 0.248 e. The van der Waals surface area contributed by atoms with Crippen molar-refractivity contribution in [3.8, 4) is 11.5 Å². The van der Waals surface area contributed by atoms with Crippen molar-refractivity contribution in [2.24, 2.45) is 5.73 Å². The highest BCUT2D eigenvalue weighted by molar-refractivity contribution is 5.92. The van der Waals surface area contributed by atoms with Crippen LogP contribution in [0.4, 0.5) is 11.4 Å². The highest BCUT2D eigenvalue weighted by Gasteiger charge is 2.14. The zero-order chi connectivity index (χ0) is 14.5. The molecule has 0 saturated carbocycles. The van der Waals surface area contributed by atoms with E-state index in [9.17, 15) is 4.79 Å². The van der Waals surface area contributed by atoms with Crippen molar-refractivity contribution < 1.29 is 14.3 Å². The van der Waals surface area contributed by atoms with Crippen molar-refractivity contribution >= 4 is 17.3 Å². The van der Waals surface area contributed by atoms with Crippen molar-refractivity contribution in [3.63, 3.8) is 0 Å². The molecule has 2 aromatic carbocycles. The van der Waals surface area contributed by atoms with Gasteiger partial charge in [-0.1, -0.05) is 0 Å². The topological polar surface area (TPSA) is 83.5 Å². The fourth-order valence-corrected chi connectivity index (χ4v) is 1.60. The number of nitrogens with two attached hydrogens (primary N) is 1. The van der Waals surface area contributed by atoms with Crippen LogP contribution in [0.15, 0.2) is 42.5 Å². The third-order valence-electron chi connectivity index (χ3n) is 2.81. The number of hydrogen-bond acceptors (Lipinski definition) is 4. The van der Waals surface area contributed by atoms with Crippen LogP contribution < -0.4 is 20.5 Å². The molecule has 1 amide bonds. The summed E-state index contributed by atoms with van der Waals surface area (Å²) in [6.07, 6.45) is 0. The van der Waals surface area contributed by atoms with Gasteiger partial charge in [0.1, 0.15) is 11.5 Å². The first kappa shape index (κ1) is 13.7. The number of anilines is 2. The summed E-state index contributed by atoms with van der Waals surface area (Å²) in [5.41, 5.74) is 7.92. The average molecular weight is 272 g/mol. The van der Waals surface area contributed by atoms with Gasteiger partial charge >= 0.3 is 0 Å². The lowest BCUT2D eigenvalue weighted by Gasteiger charge is -1.98. The van der Waals surface area contributed by atoms with Crippen LogP contribution in [0.2, 0.25) is 0 Å². The number of nitrogens with one attached hydrogen (secondary N) is 1. The number of methoxy groups -OCH3 is 2. The second-order valence-electron chi connectivity index (χ2n) is 4.13. The van der Waals surface area contributed by atoms with Gasteiger partial charge in [-0.3, -0.25) is 4.79 Å². The van der Waals surface area contributed by atoms with Crippen molar-refractivity contribution in [1.82, 2.24) is 0 Å². The number of primary amides is 1. The summed E-state index contributed by atoms with van der Waals surface area (Å²) in [6, 6.07) is 12.6. The Bertz CT molecular complexity index is 609. The Morgan fingerprint density at radius 3 is 2.05 bits per heavy atom. The molecule has 104 valence electrons. The molecule has 0 radical (unpaired) electrons. The Balaban J connectivity index is 0.000000149. The van der Waals surface area contributed by atoms with Gasteiger partial charge in [0.15, 0.2) is 0 Å². The number of rotatable bonds is 3. The molecule has 5 nitrogen and oxygen atoms in total. The summed E-state index contributed by atoms with van der Waals surface area (Å²) in [6.45, 7) is 0. The Morgan fingerprint density at radius 1 is 0.950 bits per heavy atom. The molecule has 3 rings (SSSR count). The molecule has 1 aliphatic heterocycles. The van der Waals surface area contributed by atoms with Gasteiger partial charge in [0.2, 0.25) is 5.91 Å². The van der Waals surface area contributed by atoms with Crippen LogP contribution in [-0.4, -0.2) is 20.1 Å². The Labute approximate surface area is 117 Å². The standard InChI is InChI=1S/C8H9NO2.C7H7NO/c1-11-7-4-2-6(3-5-7)8(9)10;1-9-5-2-3-6-7(4-5)8-6/h2-5H,1H3,(H2,9,10);2-4,8H,1H3. The summed E-state index contributed by atoms with van der Waals surface area (Å²) in [5.74, 6) is 1.21. The Morgan fingerprint density at radius 2 is 1.55 bits per heavy atom. The van der Waals surface area contributed by atoms with E-state index in [1.807, 2.05) is 18.2 Å². The lowest BCUT2D eigenvalue weighted by molar-refractivity contribution is 0.100. The van der Waals surface area contributed by atoms with Gasteiger partial charge in [-0.15, -0.1) is 0 Å². The Hall–Kier alpha value is -2.69. The second-order valence-corrected chi connectivity index (χ2v) is 4.13. The van der Waals surface area contributed by atoms with E-state index in [4.69, 9.17) is 15.2 Å². The molecular weight excluding hydrogens is 256 g/mol. The Kier molecular flexibility index (Phi) is 4.10. The quantitative estimate of drug-likeness (QED) is 0.718. The molecule has 1 heterocycles. The van der Waals surface area contributed by atoms with E-state index in [1.54, 1.807) is 38.5 Å². The van der Waals surface area contributed by atoms with Crippen LogP contribution in [0.25, 0.3) is 0 Å². The molecule has 3 N–H and O–H groups in total. The fraction of sp³-hybridized carbons (Fsp3) is 0.133. The van der Waals surface area contributed by atoms with Gasteiger partial charge in [0.25, 0.3) is 0 Å². The SMILES string of the molecule is COc1ccc(C(N)=O)cc1.COc1ccc2c(c1)N2. The van der Waals surface area contributed by atoms with Crippen LogP contribution in [0.1, 0.15) is 10.4 Å². The van der Waals surface area contributed by atoms with Crippen molar-refractivity contribution in [2.45, 2.75) is 0 Å². The summed E-state index contributed by atoms with van der Waals surface area (Å²) in [5, 5.41) is 3.08. The predicted molar refractivity (Wildman–Crippen MR) is 77.8 cm³/mol. The summed E-state index contributed by atoms with van der Waals surface area (Å²) in [7, 11) is 3.24. The maximum atomic E-state index is 10.6. The lowest BCUT2D eigenvalue weighted by atomic mass is 10.2. The molecular formula is C15H16N2O3. The summed E-state index contributed by atoms with van der Waals surface area (Å²) < 4.78 is 9.89. The van der Waals surface area contributed by atoms with Gasteiger partial charge in [-0.05, 0) is 36.4 Å². The van der Waals surface area contributed by atoms with Gasteiger partial charge in [0.05, 0.1) is 25.6 Å². The molecule has 0 aromatic heterocycles. The molecule has 0 spiro atoms. The zero-order valence-electron chi connectivity index (χ0n) is 11.3. The molecule has 0 unspecified atom stereocenters. The van der Waals surface area contributed by atoms with Gasteiger partial charge in [-0.2, -0.15) is 0 Å². The average Bonchev–Trinajstić information content (AvgIpc) is 3.26. The summed E-state index contributed by atoms with van der Waals surface area (Å²) >= 11 is 0. The molecule has 0 fully saturated rings. The van der Waals surface area contributed by atoms with E-state index < -0.39 is 5.91 Å². The minimum absolute atomic E-state index is 0.423. The fourth-order valence-electron chi connectivity index (χ4n) is 1.60. The van der Waals surface area contributed by atoms with Crippen LogP contribution in [0, 0.1) is 0 Å². The second kappa shape index (κ2) is 5.97. The molecule has 1 aliphatic rings. The van der Waals surface area contributed by atoms with Gasteiger partial charge in [-0.25, -0.2) is 0 Å². The number of fused-ring (bicyclic) bond motifs is 1. The van der Waals surface area contributed by atoms with Crippen LogP contribution in [0.3, 0.4) is 0 Å². The third kappa shape index (κ3) is 3.41. The van der Waals surface area contributed by atoms with E-state index in [0.717, 1.165) is 11.5 Å². The summed E-state index contributed by atoms with van der Waals surface area (Å²) in [4.78, 5) is 10.6. The zero-order valence-corrected chi connectivity index (χ0v) is 11.3. The number of amides is 1. The van der Waals surface area contributed by atoms with Crippen LogP contribution in [0.5, 0.6) is 11.5 Å². The van der Waals surface area contributed by atoms with E-state index in [2.05, 4.69) is 5.32 Å². The largest absolute Gasteiger partial charge is 0.497 e. The van der Waals surface area contributed by atoms with Crippen LogP contribution in [-0.2, 0) is 0 Å². The molecule has 5 heteroatoms. The first-order chi connectivity index (χ1) is 9.63. The maximum Gasteiger partial charge on any atom is 0.248 e. The predicted octanol–water partition coefficient (Wildman–Crippen LogP) is 2.55. The molecule has 20 heavy (non-hydrogen) atoms. The number of benzene rings is 2. The monoisotopic (exact) mass is 272 g/mol. The van der Waals surface area contributed by atoms with Crippen molar-refractivity contribution in [3.05, 3.63) is 48.0 Å². The first-order valence-electron chi connectivity index (χ1n) is 6.03. The highest BCUT2D eigenvalue weighted by atomic mass is 16.5. The molecule has 0 saturated heterocycles. The number of ether oxygens (including phenoxy) is 2. The van der Waals surface area contributed by atoms with Crippen molar-refractivity contribution in [1.29, 1.82) is 0 Å². The molecule has 2 aromatic rings. The molecule has 0 aliphatic carbocycles. The highest BCUT2D eigenvalue weighted by Crippen LogP contribution is 2.40. The van der Waals surface area contributed by atoms with E-state index in [0.29, 0.717) is 5.56 Å². The lowest BCUT2D eigenvalue weighted by Crippen LogP contribution is -2.10. The van der Waals surface area contributed by atoms with Gasteiger partial charge < -0.3 is 20.5 Å². The normalized spacial score (nSPS) is 10.3. The third-order valence-corrected chi connectivity index (χ3v) is 2.81. The molecule has 0 bridgehead atoms. The van der Waals surface area contributed by atoms with Gasteiger partial charge in [0, 0.05) is 11.6 Å². The van der Waals surface area contributed by atoms with E-state index in [-0.39, 0.29) is 0 Å². The number of carbonyl (C=O) groups excluding carboxylic acids is 1. The molecule has 0 atom stereocenters. The van der Waals surface area contributed by atoms with E-state index >= 15 is 0 Å².